The number of pyridine rings is 4. The van der Waals surface area contributed by atoms with Crippen LogP contribution in [0.3, 0.4) is 0 Å². The van der Waals surface area contributed by atoms with Gasteiger partial charge in [0.25, 0.3) is 0 Å². The van der Waals surface area contributed by atoms with Crippen LogP contribution in [0.4, 0.5) is 23.3 Å². The van der Waals surface area contributed by atoms with Gasteiger partial charge in [0.15, 0.2) is 11.3 Å². The van der Waals surface area contributed by atoms with Crippen LogP contribution in [0.15, 0.2) is 48.5 Å². The number of carbonyl (C=O) groups excluding carboxylic acids is 2. The number of nitrogen functional groups attached to an aromatic ring is 2. The van der Waals surface area contributed by atoms with E-state index < -0.39 is 0 Å². The SMILES string of the molecule is Nc1ccc2ccc(NCCCNC(=O)CCNCCC(=O)NCCCNc3ccc4ccc(N)nc4n3)nc2n1. The van der Waals surface area contributed by atoms with Crippen LogP contribution in [0.1, 0.15) is 25.7 Å². The van der Waals surface area contributed by atoms with E-state index in [-0.39, 0.29) is 11.8 Å². The molecule has 216 valence electrons. The lowest BCUT2D eigenvalue weighted by Crippen LogP contribution is -2.32. The van der Waals surface area contributed by atoms with E-state index in [2.05, 4.69) is 46.5 Å². The Morgan fingerprint density at radius 1 is 0.561 bits per heavy atom. The molecule has 0 spiro atoms. The number of carbonyl (C=O) groups is 2. The number of nitrogens with two attached hydrogens (primary N) is 2. The Kier molecular flexibility index (Phi) is 10.8. The molecule has 0 saturated carbocycles. The second kappa shape index (κ2) is 15.1. The topological polar surface area (TPSA) is 198 Å². The molecule has 4 heterocycles. The van der Waals surface area contributed by atoms with Crippen molar-refractivity contribution in [2.24, 2.45) is 0 Å². The summed E-state index contributed by atoms with van der Waals surface area (Å²) >= 11 is 0. The van der Waals surface area contributed by atoms with Crippen molar-refractivity contribution in [1.82, 2.24) is 35.9 Å². The first-order valence-corrected chi connectivity index (χ1v) is 13.7. The molecule has 4 rings (SSSR count). The number of amides is 2. The maximum Gasteiger partial charge on any atom is 0.221 e. The fourth-order valence-corrected chi connectivity index (χ4v) is 3.99. The van der Waals surface area contributed by atoms with E-state index in [9.17, 15) is 9.59 Å². The normalized spacial score (nSPS) is 10.9. The second-order valence-electron chi connectivity index (χ2n) is 9.47. The monoisotopic (exact) mass is 559 g/mol. The van der Waals surface area contributed by atoms with Crippen LogP contribution in [-0.2, 0) is 9.59 Å². The first-order valence-electron chi connectivity index (χ1n) is 13.7. The van der Waals surface area contributed by atoms with Crippen molar-refractivity contribution in [3.05, 3.63) is 48.5 Å². The zero-order valence-electron chi connectivity index (χ0n) is 22.9. The lowest BCUT2D eigenvalue weighted by molar-refractivity contribution is -0.121. The van der Waals surface area contributed by atoms with Gasteiger partial charge < -0.3 is 38.1 Å². The summed E-state index contributed by atoms with van der Waals surface area (Å²) in [6, 6.07) is 14.9. The van der Waals surface area contributed by atoms with Crippen LogP contribution in [0.5, 0.6) is 0 Å². The zero-order valence-corrected chi connectivity index (χ0v) is 22.9. The van der Waals surface area contributed by atoms with Gasteiger partial charge in [0.05, 0.1) is 0 Å². The van der Waals surface area contributed by atoms with Crippen LogP contribution in [0, 0.1) is 0 Å². The summed E-state index contributed by atoms with van der Waals surface area (Å²) in [4.78, 5) is 41.4. The fraction of sp³-hybridized carbons (Fsp3) is 0.357. The van der Waals surface area contributed by atoms with Gasteiger partial charge in [0.1, 0.15) is 23.3 Å². The Bertz CT molecular complexity index is 1350. The molecule has 4 aromatic rings. The Labute approximate surface area is 238 Å². The number of nitrogens with one attached hydrogen (secondary N) is 5. The molecule has 9 N–H and O–H groups in total. The van der Waals surface area contributed by atoms with E-state index in [1.54, 1.807) is 12.1 Å². The van der Waals surface area contributed by atoms with E-state index in [4.69, 9.17) is 11.5 Å². The van der Waals surface area contributed by atoms with Gasteiger partial charge in [-0.05, 0) is 61.4 Å². The minimum absolute atomic E-state index is 0.0295. The van der Waals surface area contributed by atoms with Crippen molar-refractivity contribution in [1.29, 1.82) is 0 Å². The van der Waals surface area contributed by atoms with Crippen molar-refractivity contribution in [2.45, 2.75) is 25.7 Å². The van der Waals surface area contributed by atoms with Crippen LogP contribution in [-0.4, -0.2) is 71.0 Å². The molecular weight excluding hydrogens is 522 g/mol. The van der Waals surface area contributed by atoms with Gasteiger partial charge in [-0.1, -0.05) is 0 Å². The van der Waals surface area contributed by atoms with E-state index in [0.717, 1.165) is 23.6 Å². The molecular formula is C28H37N11O2. The van der Waals surface area contributed by atoms with Crippen LogP contribution in [0.25, 0.3) is 22.1 Å². The molecule has 0 saturated heterocycles. The van der Waals surface area contributed by atoms with Gasteiger partial charge in [0.2, 0.25) is 11.8 Å². The fourth-order valence-electron chi connectivity index (χ4n) is 3.99. The zero-order chi connectivity index (χ0) is 28.9. The molecule has 0 aliphatic rings. The molecule has 0 fully saturated rings. The van der Waals surface area contributed by atoms with Gasteiger partial charge in [-0.25, -0.2) is 19.9 Å². The Balaban J connectivity index is 0.969. The highest BCUT2D eigenvalue weighted by Crippen LogP contribution is 2.15. The average Bonchev–Trinajstić information content (AvgIpc) is 2.96. The maximum atomic E-state index is 12.0. The third-order valence-electron chi connectivity index (χ3n) is 6.17. The molecule has 0 bridgehead atoms. The summed E-state index contributed by atoms with van der Waals surface area (Å²) < 4.78 is 0. The molecule has 0 atom stereocenters. The smallest absolute Gasteiger partial charge is 0.221 e. The quantitative estimate of drug-likeness (QED) is 0.0985. The number of fused-ring (bicyclic) bond motifs is 2. The number of hydrogen-bond acceptors (Lipinski definition) is 11. The lowest BCUT2D eigenvalue weighted by atomic mass is 10.3. The largest absolute Gasteiger partial charge is 0.384 e. The highest BCUT2D eigenvalue weighted by atomic mass is 16.2. The van der Waals surface area contributed by atoms with Gasteiger partial charge in [-0.15, -0.1) is 0 Å². The standard InChI is InChI=1S/C28H37N11O2/c29-21-7-3-19-5-9-23(38-27(19)36-21)32-13-1-15-34-25(40)11-17-31-18-12-26(41)35-16-2-14-33-24-10-6-20-4-8-22(30)37-28(20)39-24/h3-10,31H,1-2,11-18H2,(H,34,40)(H,35,41)(H3,29,32,36,38)(H3,30,33,37,39). The van der Waals surface area contributed by atoms with Crippen LogP contribution >= 0.6 is 0 Å². The number of rotatable bonds is 16. The van der Waals surface area contributed by atoms with Crippen LogP contribution < -0.4 is 38.1 Å². The first-order chi connectivity index (χ1) is 20.0. The number of anilines is 4. The molecule has 41 heavy (non-hydrogen) atoms. The number of nitrogens with zero attached hydrogens (tertiary/aromatic N) is 4. The Hall–Kier alpha value is -4.78. The van der Waals surface area contributed by atoms with E-state index >= 15 is 0 Å². The Morgan fingerprint density at radius 3 is 1.46 bits per heavy atom. The van der Waals surface area contributed by atoms with E-state index in [1.165, 1.54) is 0 Å². The molecule has 13 heteroatoms. The summed E-state index contributed by atoms with van der Waals surface area (Å²) in [6.45, 7) is 3.47. The summed E-state index contributed by atoms with van der Waals surface area (Å²) in [6.07, 6.45) is 2.21. The third-order valence-corrected chi connectivity index (χ3v) is 6.17. The van der Waals surface area contributed by atoms with Crippen LogP contribution in [0.2, 0.25) is 0 Å². The van der Waals surface area contributed by atoms with Crippen molar-refractivity contribution in [3.8, 4) is 0 Å². The third kappa shape index (κ3) is 9.72. The van der Waals surface area contributed by atoms with E-state index in [0.29, 0.717) is 86.7 Å². The van der Waals surface area contributed by atoms with E-state index in [1.807, 2.05) is 36.4 Å². The molecule has 13 nitrogen and oxygen atoms in total. The minimum atomic E-state index is -0.0295. The molecule has 2 amide bonds. The molecule has 4 aromatic heterocycles. The summed E-state index contributed by atoms with van der Waals surface area (Å²) in [5, 5.41) is 17.3. The number of hydrogen-bond donors (Lipinski definition) is 7. The molecule has 0 radical (unpaired) electrons. The molecule has 0 aromatic carbocycles. The van der Waals surface area contributed by atoms with Gasteiger partial charge in [-0.3, -0.25) is 9.59 Å². The lowest BCUT2D eigenvalue weighted by Gasteiger charge is -2.09. The average molecular weight is 560 g/mol. The minimum Gasteiger partial charge on any atom is -0.384 e. The Morgan fingerprint density at radius 2 is 1.00 bits per heavy atom. The molecule has 0 aliphatic carbocycles. The second-order valence-corrected chi connectivity index (χ2v) is 9.47. The first kappa shape index (κ1) is 29.2. The van der Waals surface area contributed by atoms with Crippen molar-refractivity contribution >= 4 is 57.2 Å². The highest BCUT2D eigenvalue weighted by Gasteiger charge is 2.04. The van der Waals surface area contributed by atoms with Crippen molar-refractivity contribution < 1.29 is 9.59 Å². The molecule has 0 aliphatic heterocycles. The maximum absolute atomic E-state index is 12.0. The highest BCUT2D eigenvalue weighted by molar-refractivity contribution is 5.79. The predicted octanol–water partition coefficient (Wildman–Crippen LogP) is 1.64. The van der Waals surface area contributed by atoms with Gasteiger partial charge in [-0.2, -0.15) is 0 Å². The molecule has 0 unspecified atom stereocenters. The van der Waals surface area contributed by atoms with Crippen molar-refractivity contribution in [3.63, 3.8) is 0 Å². The summed E-state index contributed by atoms with van der Waals surface area (Å²) in [5.74, 6) is 2.24. The predicted molar refractivity (Wildman–Crippen MR) is 162 cm³/mol. The van der Waals surface area contributed by atoms with Gasteiger partial charge >= 0.3 is 0 Å². The summed E-state index contributed by atoms with van der Waals surface area (Å²) in [5.41, 5.74) is 12.6. The van der Waals surface area contributed by atoms with Gasteiger partial charge in [0, 0.05) is 62.9 Å². The van der Waals surface area contributed by atoms with Crippen molar-refractivity contribution in [2.75, 3.05) is 61.4 Å². The summed E-state index contributed by atoms with van der Waals surface area (Å²) in [7, 11) is 0. The number of aromatic nitrogens is 4.